The number of hydrogen-bond donors (Lipinski definition) is 2. The molecule has 41 heavy (non-hydrogen) atoms. The van der Waals surface area contributed by atoms with Crippen LogP contribution in [0, 0.1) is 6.92 Å². The third-order valence-electron chi connectivity index (χ3n) is 7.35. The number of aryl methyl sites for hydroxylation is 1. The number of rotatable bonds is 9. The molecule has 10 nitrogen and oxygen atoms in total. The van der Waals surface area contributed by atoms with Gasteiger partial charge in [-0.15, -0.1) is 0 Å². The van der Waals surface area contributed by atoms with Crippen molar-refractivity contribution in [2.45, 2.75) is 38.5 Å². The maximum Gasteiger partial charge on any atom is 0.271 e. The van der Waals surface area contributed by atoms with Crippen LogP contribution in [0.5, 0.6) is 0 Å². The van der Waals surface area contributed by atoms with Crippen LogP contribution in [0.3, 0.4) is 0 Å². The smallest absolute Gasteiger partial charge is 0.271 e. The van der Waals surface area contributed by atoms with Gasteiger partial charge >= 0.3 is 0 Å². The number of aromatic nitrogens is 4. The number of pyridine rings is 1. The second kappa shape index (κ2) is 10.6. The van der Waals surface area contributed by atoms with Crippen LogP contribution in [-0.4, -0.2) is 51.0 Å². The summed E-state index contributed by atoms with van der Waals surface area (Å²) in [5.74, 6) is -0.297. The standard InChI is InChI=1S/C31H30N6O4/c1-19-12-20(15-40-16-21-17-41-18-32-21)8-9-22(19)29(38)34-31(10-11-31)24-13-26(33-25-7-5-4-6-23(24)25)27-14-28(36-35-27)30(39)37(2)3/h4-9,12-14,17-18H,10-11,15-16H2,1-3H3,(H,34,38)(H,35,36). The molecule has 2 aromatic carbocycles. The van der Waals surface area contributed by atoms with Gasteiger partial charge in [-0.2, -0.15) is 5.10 Å². The number of nitrogens with zero attached hydrogens (tertiary/aromatic N) is 4. The molecule has 1 fully saturated rings. The number of oxazole rings is 1. The van der Waals surface area contributed by atoms with E-state index < -0.39 is 5.54 Å². The van der Waals surface area contributed by atoms with Gasteiger partial charge in [-0.1, -0.05) is 30.3 Å². The third-order valence-corrected chi connectivity index (χ3v) is 7.35. The van der Waals surface area contributed by atoms with E-state index in [4.69, 9.17) is 14.1 Å². The molecule has 2 N–H and O–H groups in total. The quantitative estimate of drug-likeness (QED) is 0.271. The molecule has 208 valence electrons. The topological polar surface area (TPSA) is 126 Å². The summed E-state index contributed by atoms with van der Waals surface area (Å²) in [6, 6.07) is 17.3. The number of para-hydroxylation sites is 1. The Kier molecular flexibility index (Phi) is 6.84. The number of benzene rings is 2. The molecule has 0 aliphatic heterocycles. The summed E-state index contributed by atoms with van der Waals surface area (Å²) in [6.07, 6.45) is 4.55. The Morgan fingerprint density at radius 1 is 1.07 bits per heavy atom. The van der Waals surface area contributed by atoms with Crippen LogP contribution in [0.15, 0.2) is 71.7 Å². The number of carbonyl (C=O) groups excluding carboxylic acids is 2. The van der Waals surface area contributed by atoms with Crippen molar-refractivity contribution in [1.29, 1.82) is 0 Å². The van der Waals surface area contributed by atoms with E-state index in [0.29, 0.717) is 35.9 Å². The Bertz CT molecular complexity index is 1740. The lowest BCUT2D eigenvalue weighted by atomic mass is 9.97. The molecular formula is C31H30N6O4. The fraction of sp³-hybridized carbons (Fsp3) is 0.258. The van der Waals surface area contributed by atoms with Crippen LogP contribution in [0.25, 0.3) is 22.3 Å². The van der Waals surface area contributed by atoms with Crippen molar-refractivity contribution in [2.24, 2.45) is 0 Å². The van der Waals surface area contributed by atoms with E-state index >= 15 is 0 Å². The third kappa shape index (κ3) is 5.33. The SMILES string of the molecule is Cc1cc(COCc2cocn2)ccc1C(=O)NC1(c2cc(-c3cc(C(=O)N(C)C)[nH]n3)nc3ccccc23)CC1. The second-order valence-electron chi connectivity index (χ2n) is 10.6. The van der Waals surface area contributed by atoms with Gasteiger partial charge < -0.3 is 19.4 Å². The number of aromatic amines is 1. The molecule has 0 spiro atoms. The van der Waals surface area contributed by atoms with E-state index in [2.05, 4.69) is 20.5 Å². The lowest BCUT2D eigenvalue weighted by Crippen LogP contribution is -2.35. The van der Waals surface area contributed by atoms with Gasteiger partial charge in [-0.3, -0.25) is 14.7 Å². The number of ether oxygens (including phenoxy) is 1. The molecule has 10 heteroatoms. The summed E-state index contributed by atoms with van der Waals surface area (Å²) in [5, 5.41) is 11.5. The first-order valence-corrected chi connectivity index (χ1v) is 13.4. The van der Waals surface area contributed by atoms with E-state index in [1.807, 2.05) is 55.5 Å². The van der Waals surface area contributed by atoms with Gasteiger partial charge in [-0.25, -0.2) is 9.97 Å². The lowest BCUT2D eigenvalue weighted by molar-refractivity contribution is 0.0821. The first-order chi connectivity index (χ1) is 19.8. The predicted octanol–water partition coefficient (Wildman–Crippen LogP) is 4.76. The Morgan fingerprint density at radius 2 is 1.90 bits per heavy atom. The average Bonchev–Trinajstić information content (AvgIpc) is 3.33. The normalized spacial score (nSPS) is 13.7. The van der Waals surface area contributed by atoms with Gasteiger partial charge in [-0.05, 0) is 60.7 Å². The van der Waals surface area contributed by atoms with Gasteiger partial charge in [0.1, 0.15) is 23.3 Å². The van der Waals surface area contributed by atoms with Gasteiger partial charge in [0.2, 0.25) is 0 Å². The monoisotopic (exact) mass is 550 g/mol. The highest BCUT2D eigenvalue weighted by atomic mass is 16.5. The molecule has 3 heterocycles. The first-order valence-electron chi connectivity index (χ1n) is 13.4. The predicted molar refractivity (Wildman–Crippen MR) is 152 cm³/mol. The minimum absolute atomic E-state index is 0.129. The molecule has 6 rings (SSSR count). The van der Waals surface area contributed by atoms with Crippen LogP contribution in [0.1, 0.15) is 56.1 Å². The maximum atomic E-state index is 13.6. The molecule has 0 atom stereocenters. The van der Waals surface area contributed by atoms with Crippen molar-refractivity contribution in [1.82, 2.24) is 30.4 Å². The number of fused-ring (bicyclic) bond motifs is 1. The van der Waals surface area contributed by atoms with Crippen molar-refractivity contribution in [3.05, 3.63) is 101 Å². The summed E-state index contributed by atoms with van der Waals surface area (Å²) in [6.45, 7) is 2.69. The largest absolute Gasteiger partial charge is 0.451 e. The Hall–Kier alpha value is -4.83. The van der Waals surface area contributed by atoms with Crippen molar-refractivity contribution < 1.29 is 18.7 Å². The number of hydrogen-bond acceptors (Lipinski definition) is 7. The number of amides is 2. The zero-order chi connectivity index (χ0) is 28.6. The van der Waals surface area contributed by atoms with Crippen molar-refractivity contribution in [3.63, 3.8) is 0 Å². The lowest BCUT2D eigenvalue weighted by Gasteiger charge is -2.21. The minimum Gasteiger partial charge on any atom is -0.451 e. The van der Waals surface area contributed by atoms with E-state index in [-0.39, 0.29) is 11.8 Å². The molecule has 0 radical (unpaired) electrons. The van der Waals surface area contributed by atoms with Gasteiger partial charge in [0.15, 0.2) is 6.39 Å². The molecule has 1 saturated carbocycles. The molecule has 0 unspecified atom stereocenters. The summed E-state index contributed by atoms with van der Waals surface area (Å²) in [7, 11) is 3.39. The average molecular weight is 551 g/mol. The van der Waals surface area contributed by atoms with E-state index in [9.17, 15) is 9.59 Å². The van der Waals surface area contributed by atoms with Crippen LogP contribution < -0.4 is 5.32 Å². The molecule has 1 aliphatic rings. The summed E-state index contributed by atoms with van der Waals surface area (Å²) < 4.78 is 10.7. The molecule has 0 saturated heterocycles. The summed E-state index contributed by atoms with van der Waals surface area (Å²) in [5.41, 5.74) is 6.07. The van der Waals surface area contributed by atoms with Crippen molar-refractivity contribution >= 4 is 22.7 Å². The fourth-order valence-corrected chi connectivity index (χ4v) is 5.03. The van der Waals surface area contributed by atoms with E-state index in [1.54, 1.807) is 26.4 Å². The summed E-state index contributed by atoms with van der Waals surface area (Å²) >= 11 is 0. The Labute approximate surface area is 236 Å². The van der Waals surface area contributed by atoms with E-state index in [0.717, 1.165) is 46.1 Å². The fourth-order valence-electron chi connectivity index (χ4n) is 5.03. The van der Waals surface area contributed by atoms with Crippen LogP contribution in [0.4, 0.5) is 0 Å². The Balaban J connectivity index is 1.25. The van der Waals surface area contributed by atoms with Crippen LogP contribution in [0.2, 0.25) is 0 Å². The molecule has 2 amide bonds. The van der Waals surface area contributed by atoms with Crippen molar-refractivity contribution in [2.75, 3.05) is 14.1 Å². The molecule has 1 aliphatic carbocycles. The van der Waals surface area contributed by atoms with E-state index in [1.165, 1.54) is 11.3 Å². The van der Waals surface area contributed by atoms with Gasteiger partial charge in [0.05, 0.1) is 30.0 Å². The zero-order valence-corrected chi connectivity index (χ0v) is 23.1. The first kappa shape index (κ1) is 26.4. The summed E-state index contributed by atoms with van der Waals surface area (Å²) in [4.78, 5) is 36.4. The molecular weight excluding hydrogens is 520 g/mol. The molecule has 5 aromatic rings. The van der Waals surface area contributed by atoms with Gasteiger partial charge in [0, 0.05) is 25.0 Å². The molecule has 0 bridgehead atoms. The highest BCUT2D eigenvalue weighted by Crippen LogP contribution is 2.48. The number of H-pyrrole nitrogens is 1. The van der Waals surface area contributed by atoms with Crippen LogP contribution >= 0.6 is 0 Å². The second-order valence-corrected chi connectivity index (χ2v) is 10.6. The molecule has 3 aromatic heterocycles. The Morgan fingerprint density at radius 3 is 2.63 bits per heavy atom. The highest BCUT2D eigenvalue weighted by Gasteiger charge is 2.47. The van der Waals surface area contributed by atoms with Gasteiger partial charge in [0.25, 0.3) is 11.8 Å². The van der Waals surface area contributed by atoms with Crippen molar-refractivity contribution in [3.8, 4) is 11.4 Å². The number of nitrogens with one attached hydrogen (secondary N) is 2. The van der Waals surface area contributed by atoms with Crippen LogP contribution in [-0.2, 0) is 23.5 Å². The number of carbonyl (C=O) groups is 2. The highest BCUT2D eigenvalue weighted by molar-refractivity contribution is 5.97. The maximum absolute atomic E-state index is 13.6. The zero-order valence-electron chi connectivity index (χ0n) is 23.1. The minimum atomic E-state index is -0.515.